The van der Waals surface area contributed by atoms with Crippen LogP contribution in [-0.4, -0.2) is 15.1 Å². The van der Waals surface area contributed by atoms with Crippen molar-refractivity contribution in [2.75, 3.05) is 5.32 Å². The number of nitrogens with zero attached hydrogens (tertiary/aromatic N) is 4. The number of alkyl halides is 3. The second kappa shape index (κ2) is 6.00. The maximum absolute atomic E-state index is 12.5. The van der Waals surface area contributed by atoms with Crippen molar-refractivity contribution in [3.8, 4) is 17.5 Å². The molecule has 0 spiro atoms. The van der Waals surface area contributed by atoms with Crippen LogP contribution in [0.1, 0.15) is 11.3 Å². The summed E-state index contributed by atoms with van der Waals surface area (Å²) >= 11 is 0. The first-order chi connectivity index (χ1) is 11.5. The minimum Gasteiger partial charge on any atom is -0.315 e. The molecule has 2 heterocycles. The van der Waals surface area contributed by atoms with Crippen LogP contribution in [0.4, 0.5) is 24.9 Å². The van der Waals surface area contributed by atoms with Crippen molar-refractivity contribution in [2.45, 2.75) is 6.18 Å². The van der Waals surface area contributed by atoms with E-state index in [0.717, 1.165) is 12.1 Å². The van der Waals surface area contributed by atoms with Crippen LogP contribution in [0.5, 0.6) is 0 Å². The summed E-state index contributed by atoms with van der Waals surface area (Å²) < 4.78 is 42.6. The maximum atomic E-state index is 12.5. The van der Waals surface area contributed by atoms with Crippen LogP contribution in [0.2, 0.25) is 0 Å². The highest BCUT2D eigenvalue weighted by atomic mass is 19.4. The van der Waals surface area contributed by atoms with E-state index in [0.29, 0.717) is 11.3 Å². The number of benzene rings is 1. The summed E-state index contributed by atoms with van der Waals surface area (Å²) in [5.74, 6) is 0.146. The standard InChI is InChI=1S/C15H8F3N5O/c16-15(17,18)10-3-1-9(2-4-10)13-22-14(24-23-13)21-12-6-5-11(7-19)20-8-12/h1-6,8H,(H,21,22,23). The van der Waals surface area contributed by atoms with Gasteiger partial charge in [0.1, 0.15) is 11.8 Å². The highest BCUT2D eigenvalue weighted by Crippen LogP contribution is 2.30. The predicted octanol–water partition coefficient (Wildman–Crippen LogP) is 3.77. The monoisotopic (exact) mass is 331 g/mol. The molecule has 0 aliphatic carbocycles. The van der Waals surface area contributed by atoms with Gasteiger partial charge in [0.2, 0.25) is 5.82 Å². The number of rotatable bonds is 3. The van der Waals surface area contributed by atoms with Crippen LogP contribution in [0.3, 0.4) is 0 Å². The Labute approximate surface area is 133 Å². The number of hydrogen-bond acceptors (Lipinski definition) is 6. The average molecular weight is 331 g/mol. The van der Waals surface area contributed by atoms with Crippen LogP contribution < -0.4 is 5.32 Å². The van der Waals surface area contributed by atoms with Crippen molar-refractivity contribution in [2.24, 2.45) is 0 Å². The first-order valence-corrected chi connectivity index (χ1v) is 6.60. The highest BCUT2D eigenvalue weighted by molar-refractivity contribution is 5.58. The fraction of sp³-hybridized carbons (Fsp3) is 0.0667. The molecule has 9 heteroatoms. The van der Waals surface area contributed by atoms with Crippen molar-refractivity contribution >= 4 is 11.7 Å². The quantitative estimate of drug-likeness (QED) is 0.786. The summed E-state index contributed by atoms with van der Waals surface area (Å²) in [5, 5.41) is 15.2. The third-order valence-electron chi connectivity index (χ3n) is 3.03. The Kier molecular flexibility index (Phi) is 3.87. The zero-order valence-corrected chi connectivity index (χ0v) is 11.9. The van der Waals surface area contributed by atoms with Crippen LogP contribution >= 0.6 is 0 Å². The van der Waals surface area contributed by atoms with Crippen LogP contribution in [0, 0.1) is 11.3 Å². The third kappa shape index (κ3) is 3.33. The Morgan fingerprint density at radius 1 is 1.08 bits per heavy atom. The van der Waals surface area contributed by atoms with Gasteiger partial charge in [0, 0.05) is 5.56 Å². The van der Waals surface area contributed by atoms with E-state index in [4.69, 9.17) is 9.78 Å². The van der Waals surface area contributed by atoms with Gasteiger partial charge in [-0.25, -0.2) is 4.98 Å². The average Bonchev–Trinajstić information content (AvgIpc) is 3.03. The van der Waals surface area contributed by atoms with E-state index in [9.17, 15) is 13.2 Å². The van der Waals surface area contributed by atoms with Crippen molar-refractivity contribution in [1.29, 1.82) is 5.26 Å². The molecule has 0 bridgehead atoms. The lowest BCUT2D eigenvalue weighted by atomic mass is 10.1. The molecule has 120 valence electrons. The zero-order chi connectivity index (χ0) is 17.2. The van der Waals surface area contributed by atoms with Gasteiger partial charge in [0.15, 0.2) is 0 Å². The van der Waals surface area contributed by atoms with Crippen LogP contribution in [-0.2, 0) is 6.18 Å². The molecule has 2 aromatic heterocycles. The molecule has 0 aliphatic heterocycles. The Bertz CT molecular complexity index is 879. The third-order valence-corrected chi connectivity index (χ3v) is 3.03. The summed E-state index contributed by atoms with van der Waals surface area (Å²) in [5.41, 5.74) is 0.419. The molecule has 0 fully saturated rings. The highest BCUT2D eigenvalue weighted by Gasteiger charge is 2.30. The lowest BCUT2D eigenvalue weighted by Crippen LogP contribution is -2.04. The Morgan fingerprint density at radius 2 is 1.83 bits per heavy atom. The summed E-state index contributed by atoms with van der Waals surface area (Å²) in [6.07, 6.45) is -2.98. The number of hydrogen-bond donors (Lipinski definition) is 1. The van der Waals surface area contributed by atoms with E-state index in [1.165, 1.54) is 24.4 Å². The van der Waals surface area contributed by atoms with Gasteiger partial charge in [-0.1, -0.05) is 17.3 Å². The van der Waals surface area contributed by atoms with Gasteiger partial charge < -0.3 is 9.84 Å². The molecule has 1 aromatic carbocycles. The Hall–Kier alpha value is -3.41. The molecule has 0 amide bonds. The smallest absolute Gasteiger partial charge is 0.315 e. The summed E-state index contributed by atoms with van der Waals surface area (Å²) in [7, 11) is 0. The molecular weight excluding hydrogens is 323 g/mol. The largest absolute Gasteiger partial charge is 0.416 e. The van der Waals surface area contributed by atoms with E-state index >= 15 is 0 Å². The molecule has 0 saturated carbocycles. The maximum Gasteiger partial charge on any atom is 0.416 e. The molecule has 0 aliphatic rings. The molecule has 3 aromatic rings. The summed E-state index contributed by atoms with van der Waals surface area (Å²) in [6, 6.07) is 9.48. The second-order valence-electron chi connectivity index (χ2n) is 4.67. The summed E-state index contributed by atoms with van der Waals surface area (Å²) in [6.45, 7) is 0. The predicted molar refractivity (Wildman–Crippen MR) is 77.0 cm³/mol. The van der Waals surface area contributed by atoms with Gasteiger partial charge in [0.05, 0.1) is 17.4 Å². The number of pyridine rings is 1. The first-order valence-electron chi connectivity index (χ1n) is 6.60. The zero-order valence-electron chi connectivity index (χ0n) is 11.9. The van der Waals surface area contributed by atoms with Crippen molar-refractivity contribution < 1.29 is 17.7 Å². The molecule has 0 atom stereocenters. The van der Waals surface area contributed by atoms with Gasteiger partial charge in [-0.3, -0.25) is 0 Å². The number of anilines is 2. The topological polar surface area (TPSA) is 87.6 Å². The molecule has 1 N–H and O–H groups in total. The fourth-order valence-electron chi connectivity index (χ4n) is 1.86. The lowest BCUT2D eigenvalue weighted by molar-refractivity contribution is -0.137. The minimum atomic E-state index is -4.40. The van der Waals surface area contributed by atoms with Crippen LogP contribution in [0.25, 0.3) is 11.4 Å². The number of aromatic nitrogens is 3. The molecule has 3 rings (SSSR count). The van der Waals surface area contributed by atoms with Crippen molar-refractivity contribution in [1.82, 2.24) is 15.1 Å². The number of nitrogens with one attached hydrogen (secondary N) is 1. The van der Waals surface area contributed by atoms with E-state index < -0.39 is 11.7 Å². The van der Waals surface area contributed by atoms with Crippen LogP contribution in [0.15, 0.2) is 47.1 Å². The molecule has 0 radical (unpaired) electrons. The number of nitriles is 1. The minimum absolute atomic E-state index is 0.0522. The van der Waals surface area contributed by atoms with Gasteiger partial charge in [0.25, 0.3) is 0 Å². The SMILES string of the molecule is N#Cc1ccc(Nc2nc(-c3ccc(C(F)(F)F)cc3)no2)cn1. The Morgan fingerprint density at radius 3 is 2.42 bits per heavy atom. The van der Waals surface area contributed by atoms with Gasteiger partial charge >= 0.3 is 12.2 Å². The van der Waals surface area contributed by atoms with Crippen molar-refractivity contribution in [3.05, 3.63) is 53.9 Å². The Balaban J connectivity index is 1.76. The molecule has 0 unspecified atom stereocenters. The fourth-order valence-corrected chi connectivity index (χ4v) is 1.86. The van der Waals surface area contributed by atoms with Gasteiger partial charge in [-0.05, 0) is 24.3 Å². The first kappa shape index (κ1) is 15.5. The van der Waals surface area contributed by atoms with Gasteiger partial charge in [-0.15, -0.1) is 0 Å². The van der Waals surface area contributed by atoms with Crippen molar-refractivity contribution in [3.63, 3.8) is 0 Å². The molecule has 6 nitrogen and oxygen atoms in total. The summed E-state index contributed by atoms with van der Waals surface area (Å²) in [4.78, 5) is 7.92. The number of halogens is 3. The molecule has 0 saturated heterocycles. The molecule has 24 heavy (non-hydrogen) atoms. The van der Waals surface area contributed by atoms with E-state index in [2.05, 4.69) is 20.4 Å². The molecular formula is C15H8F3N5O. The lowest BCUT2D eigenvalue weighted by Gasteiger charge is -2.05. The normalized spacial score (nSPS) is 11.1. The van der Waals surface area contributed by atoms with E-state index in [1.54, 1.807) is 6.07 Å². The van der Waals surface area contributed by atoms with E-state index in [1.807, 2.05) is 6.07 Å². The van der Waals surface area contributed by atoms with Gasteiger partial charge in [-0.2, -0.15) is 23.4 Å². The van der Waals surface area contributed by atoms with E-state index in [-0.39, 0.29) is 17.5 Å². The second-order valence-corrected chi connectivity index (χ2v) is 4.67.